The zero-order chi connectivity index (χ0) is 21.1. The molecule has 0 saturated carbocycles. The van der Waals surface area contributed by atoms with E-state index in [1.54, 1.807) is 6.20 Å². The number of carbonyl (C=O) groups excluding carboxylic acids is 1. The SMILES string of the molecule is CC(C)CCCCCN(CCCCCC(C)C)C(=O)c1cccc2cccnc12. The van der Waals surface area contributed by atoms with Crippen LogP contribution in [0.2, 0.25) is 0 Å². The summed E-state index contributed by atoms with van der Waals surface area (Å²) in [5, 5.41) is 1.03. The van der Waals surface area contributed by atoms with Crippen molar-refractivity contribution < 1.29 is 4.79 Å². The Kier molecular flexibility index (Phi) is 10.2. The Hall–Kier alpha value is -1.90. The lowest BCUT2D eigenvalue weighted by Crippen LogP contribution is -2.33. The highest BCUT2D eigenvalue weighted by molar-refractivity contribution is 6.05. The van der Waals surface area contributed by atoms with E-state index in [9.17, 15) is 4.79 Å². The number of hydrogen-bond acceptors (Lipinski definition) is 2. The highest BCUT2D eigenvalue weighted by Crippen LogP contribution is 2.19. The smallest absolute Gasteiger partial charge is 0.256 e. The number of hydrogen-bond donors (Lipinski definition) is 0. The van der Waals surface area contributed by atoms with Crippen LogP contribution in [-0.4, -0.2) is 28.9 Å². The number of aromatic nitrogens is 1. The van der Waals surface area contributed by atoms with Crippen molar-refractivity contribution in [2.24, 2.45) is 11.8 Å². The summed E-state index contributed by atoms with van der Waals surface area (Å²) in [6.45, 7) is 10.8. The number of nitrogens with zero attached hydrogens (tertiary/aromatic N) is 2. The van der Waals surface area contributed by atoms with Gasteiger partial charge in [0.05, 0.1) is 11.1 Å². The number of benzene rings is 1. The Balaban J connectivity index is 2.00. The molecule has 0 spiro atoms. The van der Waals surface area contributed by atoms with Crippen LogP contribution >= 0.6 is 0 Å². The lowest BCUT2D eigenvalue weighted by atomic mass is 10.0. The lowest BCUT2D eigenvalue weighted by Gasteiger charge is -2.23. The monoisotopic (exact) mass is 396 g/mol. The molecule has 1 heterocycles. The minimum absolute atomic E-state index is 0.141. The zero-order valence-corrected chi connectivity index (χ0v) is 19.0. The van der Waals surface area contributed by atoms with Gasteiger partial charge >= 0.3 is 0 Å². The van der Waals surface area contributed by atoms with Crippen molar-refractivity contribution in [1.82, 2.24) is 9.88 Å². The maximum absolute atomic E-state index is 13.4. The quantitative estimate of drug-likeness (QED) is 0.338. The Bertz CT molecular complexity index is 715. The third-order valence-corrected chi connectivity index (χ3v) is 5.57. The molecule has 0 bridgehead atoms. The van der Waals surface area contributed by atoms with Gasteiger partial charge in [-0.3, -0.25) is 9.78 Å². The van der Waals surface area contributed by atoms with Crippen LogP contribution in [0.5, 0.6) is 0 Å². The minimum atomic E-state index is 0.141. The van der Waals surface area contributed by atoms with Crippen LogP contribution in [0.4, 0.5) is 0 Å². The van der Waals surface area contributed by atoms with Gasteiger partial charge in [0.15, 0.2) is 0 Å². The number of amides is 1. The molecule has 160 valence electrons. The van der Waals surface area contributed by atoms with E-state index in [2.05, 4.69) is 37.6 Å². The van der Waals surface area contributed by atoms with Gasteiger partial charge in [-0.25, -0.2) is 0 Å². The molecule has 1 aromatic carbocycles. The van der Waals surface area contributed by atoms with Gasteiger partial charge in [-0.05, 0) is 36.8 Å². The second-order valence-corrected chi connectivity index (χ2v) is 9.16. The first-order chi connectivity index (χ1) is 14.0. The molecule has 0 aliphatic heterocycles. The molecule has 3 heteroatoms. The predicted octanol–water partition coefficient (Wildman–Crippen LogP) is 7.11. The molecule has 1 amide bonds. The number of para-hydroxylation sites is 1. The van der Waals surface area contributed by atoms with E-state index in [-0.39, 0.29) is 5.91 Å². The summed E-state index contributed by atoms with van der Waals surface area (Å²) in [5.41, 5.74) is 1.57. The van der Waals surface area contributed by atoms with Crippen LogP contribution in [0.25, 0.3) is 10.9 Å². The standard InChI is InChI=1S/C26H40N2O/c1-21(2)13-7-5-9-19-28(20-10-6-8-14-22(3)4)26(29)24-17-11-15-23-16-12-18-27-25(23)24/h11-12,15-18,21-22H,5-10,13-14,19-20H2,1-4H3. The molecular formula is C26H40N2O. The van der Waals surface area contributed by atoms with Gasteiger partial charge in [0.2, 0.25) is 0 Å². The maximum atomic E-state index is 13.4. The Morgan fingerprint density at radius 3 is 2.00 bits per heavy atom. The minimum Gasteiger partial charge on any atom is -0.339 e. The normalized spacial score (nSPS) is 11.5. The summed E-state index contributed by atoms with van der Waals surface area (Å²) in [5.74, 6) is 1.66. The predicted molar refractivity (Wildman–Crippen MR) is 124 cm³/mol. The molecule has 0 N–H and O–H groups in total. The van der Waals surface area contributed by atoms with E-state index in [1.807, 2.05) is 30.3 Å². The van der Waals surface area contributed by atoms with Crippen molar-refractivity contribution >= 4 is 16.8 Å². The molecule has 3 nitrogen and oxygen atoms in total. The van der Waals surface area contributed by atoms with E-state index >= 15 is 0 Å². The van der Waals surface area contributed by atoms with Crippen molar-refractivity contribution in [3.8, 4) is 0 Å². The number of carbonyl (C=O) groups is 1. The number of rotatable bonds is 13. The fourth-order valence-electron chi connectivity index (χ4n) is 3.83. The average Bonchev–Trinajstić information content (AvgIpc) is 2.70. The summed E-state index contributed by atoms with van der Waals surface area (Å²) in [6.07, 6.45) is 11.4. The Morgan fingerprint density at radius 2 is 1.41 bits per heavy atom. The van der Waals surface area contributed by atoms with Crippen molar-refractivity contribution in [2.75, 3.05) is 13.1 Å². The van der Waals surface area contributed by atoms with Crippen LogP contribution in [0.1, 0.15) is 89.4 Å². The van der Waals surface area contributed by atoms with Crippen LogP contribution in [-0.2, 0) is 0 Å². The lowest BCUT2D eigenvalue weighted by molar-refractivity contribution is 0.0750. The van der Waals surface area contributed by atoms with Gasteiger partial charge in [0.1, 0.15) is 0 Å². The largest absolute Gasteiger partial charge is 0.339 e. The summed E-state index contributed by atoms with van der Waals surface area (Å²) in [4.78, 5) is 20.0. The highest BCUT2D eigenvalue weighted by Gasteiger charge is 2.18. The topological polar surface area (TPSA) is 33.2 Å². The van der Waals surface area contributed by atoms with E-state index in [4.69, 9.17) is 0 Å². The highest BCUT2D eigenvalue weighted by atomic mass is 16.2. The molecular weight excluding hydrogens is 356 g/mol. The van der Waals surface area contributed by atoms with E-state index in [0.29, 0.717) is 0 Å². The molecule has 29 heavy (non-hydrogen) atoms. The van der Waals surface area contributed by atoms with Crippen molar-refractivity contribution in [3.63, 3.8) is 0 Å². The summed E-state index contributed by atoms with van der Waals surface area (Å²) >= 11 is 0. The van der Waals surface area contributed by atoms with Gasteiger partial charge in [-0.2, -0.15) is 0 Å². The van der Waals surface area contributed by atoms with E-state index < -0.39 is 0 Å². The molecule has 0 aliphatic carbocycles. The third-order valence-electron chi connectivity index (χ3n) is 5.57. The van der Waals surface area contributed by atoms with Crippen LogP contribution in [0.3, 0.4) is 0 Å². The zero-order valence-electron chi connectivity index (χ0n) is 19.0. The summed E-state index contributed by atoms with van der Waals surface area (Å²) < 4.78 is 0. The molecule has 2 rings (SSSR count). The van der Waals surface area contributed by atoms with E-state index in [0.717, 1.165) is 54.2 Å². The Labute approximate surface area is 177 Å². The molecule has 0 fully saturated rings. The van der Waals surface area contributed by atoms with Gasteiger partial charge in [0, 0.05) is 24.7 Å². The molecule has 1 aromatic heterocycles. The van der Waals surface area contributed by atoms with E-state index in [1.165, 1.54) is 38.5 Å². The molecule has 0 aliphatic rings. The van der Waals surface area contributed by atoms with Crippen LogP contribution < -0.4 is 0 Å². The fraction of sp³-hybridized carbons (Fsp3) is 0.615. The van der Waals surface area contributed by atoms with Gasteiger partial charge in [-0.15, -0.1) is 0 Å². The molecule has 0 saturated heterocycles. The van der Waals surface area contributed by atoms with Crippen molar-refractivity contribution in [3.05, 3.63) is 42.1 Å². The summed E-state index contributed by atoms with van der Waals surface area (Å²) in [7, 11) is 0. The second-order valence-electron chi connectivity index (χ2n) is 9.16. The molecule has 0 radical (unpaired) electrons. The van der Waals surface area contributed by atoms with Crippen molar-refractivity contribution in [2.45, 2.75) is 79.1 Å². The first-order valence-corrected chi connectivity index (χ1v) is 11.6. The molecule has 0 atom stereocenters. The first kappa shape index (κ1) is 23.4. The maximum Gasteiger partial charge on any atom is 0.256 e. The van der Waals surface area contributed by atoms with Gasteiger partial charge in [-0.1, -0.05) is 84.4 Å². The second kappa shape index (κ2) is 12.6. The number of fused-ring (bicyclic) bond motifs is 1. The van der Waals surface area contributed by atoms with Crippen LogP contribution in [0.15, 0.2) is 36.5 Å². The van der Waals surface area contributed by atoms with Gasteiger partial charge < -0.3 is 4.90 Å². The first-order valence-electron chi connectivity index (χ1n) is 11.6. The third kappa shape index (κ3) is 8.16. The number of unbranched alkanes of at least 4 members (excludes halogenated alkanes) is 4. The fourth-order valence-corrected chi connectivity index (χ4v) is 3.83. The average molecular weight is 397 g/mol. The van der Waals surface area contributed by atoms with Crippen LogP contribution in [0, 0.1) is 11.8 Å². The Morgan fingerprint density at radius 1 is 0.828 bits per heavy atom. The van der Waals surface area contributed by atoms with Crippen molar-refractivity contribution in [1.29, 1.82) is 0 Å². The summed E-state index contributed by atoms with van der Waals surface area (Å²) in [6, 6.07) is 9.89. The molecule has 2 aromatic rings. The molecule has 0 unspecified atom stereocenters. The number of pyridine rings is 1. The van der Waals surface area contributed by atoms with Gasteiger partial charge in [0.25, 0.3) is 5.91 Å².